The summed E-state index contributed by atoms with van der Waals surface area (Å²) >= 11 is 5.92. The van der Waals surface area contributed by atoms with Crippen LogP contribution in [-0.4, -0.2) is 43.5 Å². The molecule has 2 aromatic heterocycles. The van der Waals surface area contributed by atoms with Gasteiger partial charge in [0.25, 0.3) is 5.95 Å². The molecule has 1 unspecified atom stereocenters. The standard InChI is InChI=1S/C12H15ClN6O/c1-12(4-2-7-20-12)8-14-10-16-9(13)17-11(18-10)19-6-3-5-15-19/h3,5-6H,2,4,7-8H2,1H3,(H,14,16,17,18). The molecular weight excluding hydrogens is 280 g/mol. The van der Waals surface area contributed by atoms with E-state index in [1.165, 1.54) is 4.68 Å². The second kappa shape index (κ2) is 5.34. The smallest absolute Gasteiger partial charge is 0.256 e. The fourth-order valence-electron chi connectivity index (χ4n) is 2.15. The molecule has 0 radical (unpaired) electrons. The second-order valence-corrected chi connectivity index (χ2v) is 5.27. The van der Waals surface area contributed by atoms with Crippen LogP contribution in [0.15, 0.2) is 18.5 Å². The van der Waals surface area contributed by atoms with E-state index in [2.05, 4.69) is 32.3 Å². The molecule has 0 saturated carbocycles. The summed E-state index contributed by atoms with van der Waals surface area (Å²) in [7, 11) is 0. The number of nitrogens with zero attached hydrogens (tertiary/aromatic N) is 5. The predicted octanol–water partition coefficient (Wildman–Crippen LogP) is 1.69. The van der Waals surface area contributed by atoms with E-state index in [4.69, 9.17) is 16.3 Å². The molecule has 3 heterocycles. The average molecular weight is 295 g/mol. The van der Waals surface area contributed by atoms with Gasteiger partial charge in [-0.15, -0.1) is 0 Å². The van der Waals surface area contributed by atoms with Crippen LogP contribution in [0.25, 0.3) is 5.95 Å². The minimum absolute atomic E-state index is 0.130. The lowest BCUT2D eigenvalue weighted by Gasteiger charge is -2.23. The largest absolute Gasteiger partial charge is 0.373 e. The second-order valence-electron chi connectivity index (χ2n) is 4.93. The molecule has 1 N–H and O–H groups in total. The molecule has 2 aromatic rings. The Morgan fingerprint density at radius 3 is 3.05 bits per heavy atom. The third-order valence-corrected chi connectivity index (χ3v) is 3.40. The minimum atomic E-state index is -0.176. The Kier molecular flexibility index (Phi) is 3.54. The van der Waals surface area contributed by atoms with E-state index in [-0.39, 0.29) is 10.9 Å². The molecule has 20 heavy (non-hydrogen) atoms. The Morgan fingerprint density at radius 2 is 2.35 bits per heavy atom. The number of hydrogen-bond acceptors (Lipinski definition) is 6. The highest BCUT2D eigenvalue weighted by atomic mass is 35.5. The van der Waals surface area contributed by atoms with Gasteiger partial charge in [0.05, 0.1) is 5.60 Å². The summed E-state index contributed by atoms with van der Waals surface area (Å²) in [6.45, 7) is 3.50. The van der Waals surface area contributed by atoms with Gasteiger partial charge in [-0.3, -0.25) is 0 Å². The van der Waals surface area contributed by atoms with Gasteiger partial charge in [-0.2, -0.15) is 20.1 Å². The first-order valence-corrected chi connectivity index (χ1v) is 6.82. The minimum Gasteiger partial charge on any atom is -0.373 e. The molecule has 106 valence electrons. The fraction of sp³-hybridized carbons (Fsp3) is 0.500. The van der Waals surface area contributed by atoms with E-state index in [9.17, 15) is 0 Å². The molecule has 0 amide bonds. The van der Waals surface area contributed by atoms with E-state index >= 15 is 0 Å². The molecule has 7 nitrogen and oxygen atoms in total. The third kappa shape index (κ3) is 2.88. The van der Waals surface area contributed by atoms with Gasteiger partial charge < -0.3 is 10.1 Å². The highest BCUT2D eigenvalue weighted by molar-refractivity contribution is 6.28. The number of hydrogen-bond donors (Lipinski definition) is 1. The van der Waals surface area contributed by atoms with E-state index in [0.717, 1.165) is 19.4 Å². The van der Waals surface area contributed by atoms with Crippen LogP contribution in [0.4, 0.5) is 5.95 Å². The lowest BCUT2D eigenvalue weighted by Crippen LogP contribution is -2.33. The zero-order chi connectivity index (χ0) is 14.0. The molecule has 1 atom stereocenters. The summed E-state index contributed by atoms with van der Waals surface area (Å²) in [4.78, 5) is 12.4. The summed E-state index contributed by atoms with van der Waals surface area (Å²) in [5.41, 5.74) is -0.176. The normalized spacial score (nSPS) is 22.1. The van der Waals surface area contributed by atoms with Crippen molar-refractivity contribution in [3.63, 3.8) is 0 Å². The maximum absolute atomic E-state index is 5.92. The quantitative estimate of drug-likeness (QED) is 0.924. The molecule has 0 aromatic carbocycles. The zero-order valence-corrected chi connectivity index (χ0v) is 11.8. The molecule has 0 aliphatic carbocycles. The molecule has 8 heteroatoms. The first-order chi connectivity index (χ1) is 9.65. The van der Waals surface area contributed by atoms with Crippen molar-refractivity contribution in [3.8, 4) is 5.95 Å². The van der Waals surface area contributed by atoms with Gasteiger partial charge in [0.1, 0.15) is 0 Å². The highest BCUT2D eigenvalue weighted by Gasteiger charge is 2.29. The van der Waals surface area contributed by atoms with Gasteiger partial charge in [0.2, 0.25) is 11.2 Å². The van der Waals surface area contributed by atoms with Crippen LogP contribution in [0.3, 0.4) is 0 Å². The SMILES string of the molecule is CC1(CNc2nc(Cl)nc(-n3cccn3)n2)CCCO1. The topological polar surface area (TPSA) is 77.8 Å². The van der Waals surface area contributed by atoms with Crippen molar-refractivity contribution < 1.29 is 4.74 Å². The number of nitrogens with one attached hydrogen (secondary N) is 1. The van der Waals surface area contributed by atoms with E-state index in [1.54, 1.807) is 18.5 Å². The third-order valence-electron chi connectivity index (χ3n) is 3.23. The van der Waals surface area contributed by atoms with Crippen LogP contribution in [0.5, 0.6) is 0 Å². The molecule has 0 spiro atoms. The van der Waals surface area contributed by atoms with Crippen molar-refractivity contribution in [2.45, 2.75) is 25.4 Å². The summed E-state index contributed by atoms with van der Waals surface area (Å²) in [5.74, 6) is 0.808. The Bertz CT molecular complexity index is 582. The van der Waals surface area contributed by atoms with Gasteiger partial charge in [0.15, 0.2) is 0 Å². The van der Waals surface area contributed by atoms with Crippen LogP contribution >= 0.6 is 11.6 Å². The molecule has 1 aliphatic rings. The van der Waals surface area contributed by atoms with Crippen LogP contribution < -0.4 is 5.32 Å². The Morgan fingerprint density at radius 1 is 1.45 bits per heavy atom. The summed E-state index contributed by atoms with van der Waals surface area (Å²) in [5, 5.41) is 7.36. The van der Waals surface area contributed by atoms with Crippen LogP contribution in [0.1, 0.15) is 19.8 Å². The first kappa shape index (κ1) is 13.3. The van der Waals surface area contributed by atoms with Crippen LogP contribution in [0.2, 0.25) is 5.28 Å². The fourth-order valence-corrected chi connectivity index (χ4v) is 2.31. The number of rotatable bonds is 4. The summed E-state index contributed by atoms with van der Waals surface area (Å²) in [6, 6.07) is 1.79. The average Bonchev–Trinajstić information content (AvgIpc) is 3.08. The molecule has 0 bridgehead atoms. The van der Waals surface area contributed by atoms with Gasteiger partial charge >= 0.3 is 0 Å². The number of anilines is 1. The van der Waals surface area contributed by atoms with Gasteiger partial charge in [-0.25, -0.2) is 4.68 Å². The molecular formula is C12H15ClN6O. The summed E-state index contributed by atoms with van der Waals surface area (Å²) in [6.07, 6.45) is 5.49. The molecule has 3 rings (SSSR count). The van der Waals surface area contributed by atoms with Gasteiger partial charge in [-0.05, 0) is 37.4 Å². The lowest BCUT2D eigenvalue weighted by atomic mass is 10.0. The zero-order valence-electron chi connectivity index (χ0n) is 11.1. The van der Waals surface area contributed by atoms with E-state index in [0.29, 0.717) is 18.4 Å². The van der Waals surface area contributed by atoms with Crippen LogP contribution in [-0.2, 0) is 4.74 Å². The van der Waals surface area contributed by atoms with E-state index in [1.807, 2.05) is 0 Å². The Hall–Kier alpha value is -1.73. The Balaban J connectivity index is 1.76. The maximum Gasteiger partial charge on any atom is 0.256 e. The van der Waals surface area contributed by atoms with Crippen LogP contribution in [0, 0.1) is 0 Å². The van der Waals surface area contributed by atoms with Crippen molar-refractivity contribution in [2.24, 2.45) is 0 Å². The van der Waals surface area contributed by atoms with Crippen molar-refractivity contribution >= 4 is 17.5 Å². The van der Waals surface area contributed by atoms with Gasteiger partial charge in [-0.1, -0.05) is 0 Å². The van der Waals surface area contributed by atoms with Crippen molar-refractivity contribution in [1.29, 1.82) is 0 Å². The Labute approximate surface area is 121 Å². The molecule has 1 fully saturated rings. The predicted molar refractivity (Wildman–Crippen MR) is 74.0 cm³/mol. The highest BCUT2D eigenvalue weighted by Crippen LogP contribution is 2.25. The first-order valence-electron chi connectivity index (χ1n) is 6.44. The van der Waals surface area contributed by atoms with Crippen molar-refractivity contribution in [3.05, 3.63) is 23.7 Å². The number of aromatic nitrogens is 5. The lowest BCUT2D eigenvalue weighted by molar-refractivity contribution is 0.0314. The van der Waals surface area contributed by atoms with Gasteiger partial charge in [0, 0.05) is 25.5 Å². The molecule has 1 aliphatic heterocycles. The van der Waals surface area contributed by atoms with Crippen molar-refractivity contribution in [1.82, 2.24) is 24.7 Å². The molecule has 1 saturated heterocycles. The number of ether oxygens (including phenoxy) is 1. The van der Waals surface area contributed by atoms with E-state index < -0.39 is 0 Å². The van der Waals surface area contributed by atoms with Crippen molar-refractivity contribution in [2.75, 3.05) is 18.5 Å². The monoisotopic (exact) mass is 294 g/mol. The number of halogens is 1. The summed E-state index contributed by atoms with van der Waals surface area (Å²) < 4.78 is 7.24. The maximum atomic E-state index is 5.92.